The molecule has 0 spiro atoms. The summed E-state index contributed by atoms with van der Waals surface area (Å²) in [5, 5.41) is 11.4. The molecule has 0 saturated heterocycles. The average Bonchev–Trinajstić information content (AvgIpc) is 2.66. The predicted molar refractivity (Wildman–Crippen MR) is 100 cm³/mol. The van der Waals surface area contributed by atoms with Crippen molar-refractivity contribution in [1.29, 1.82) is 5.26 Å². The number of hydrogen-bond donors (Lipinski definition) is 0. The highest BCUT2D eigenvalue weighted by atomic mass is 16.5. The highest BCUT2D eigenvalue weighted by Crippen LogP contribution is 2.27. The Hall–Kier alpha value is -2.99. The summed E-state index contributed by atoms with van der Waals surface area (Å²) in [4.78, 5) is 0. The number of fused-ring (bicyclic) bond motifs is 1. The summed E-state index contributed by atoms with van der Waals surface area (Å²) in [5.74, 6) is 1.44. The molecule has 3 aromatic rings. The topological polar surface area (TPSA) is 42.2 Å². The summed E-state index contributed by atoms with van der Waals surface area (Å²) in [7, 11) is 0. The molecule has 0 aromatic heterocycles. The molecule has 0 bridgehead atoms. The quantitative estimate of drug-likeness (QED) is 0.564. The van der Waals surface area contributed by atoms with Crippen LogP contribution in [0.15, 0.2) is 60.7 Å². The minimum atomic E-state index is 0.393. The molecule has 3 rings (SSSR count). The fraction of sp³-hybridized carbons (Fsp3) is 0.227. The van der Waals surface area contributed by atoms with Gasteiger partial charge in [-0.3, -0.25) is 0 Å². The van der Waals surface area contributed by atoms with Gasteiger partial charge in [-0.1, -0.05) is 55.8 Å². The Morgan fingerprint density at radius 1 is 0.880 bits per heavy atom. The van der Waals surface area contributed by atoms with Crippen molar-refractivity contribution in [3.05, 3.63) is 71.8 Å². The van der Waals surface area contributed by atoms with E-state index in [4.69, 9.17) is 9.47 Å². The molecule has 0 atom stereocenters. The van der Waals surface area contributed by atoms with Gasteiger partial charge in [-0.15, -0.1) is 0 Å². The lowest BCUT2D eigenvalue weighted by Gasteiger charge is -2.11. The number of hydrogen-bond acceptors (Lipinski definition) is 3. The van der Waals surface area contributed by atoms with Gasteiger partial charge in [0.05, 0.1) is 0 Å². The molecule has 3 nitrogen and oxygen atoms in total. The van der Waals surface area contributed by atoms with E-state index in [9.17, 15) is 5.26 Å². The predicted octanol–water partition coefficient (Wildman–Crippen LogP) is 5.12. The van der Waals surface area contributed by atoms with Crippen molar-refractivity contribution >= 4 is 10.8 Å². The monoisotopic (exact) mass is 331 g/mol. The number of aryl methyl sites for hydroxylation is 1. The summed E-state index contributed by atoms with van der Waals surface area (Å²) >= 11 is 0. The van der Waals surface area contributed by atoms with Crippen molar-refractivity contribution in [2.75, 3.05) is 13.2 Å². The Labute approximate surface area is 148 Å². The maximum absolute atomic E-state index is 9.46. The molecule has 0 radical (unpaired) electrons. The molecule has 3 heteroatoms. The van der Waals surface area contributed by atoms with Crippen LogP contribution in [-0.4, -0.2) is 13.2 Å². The van der Waals surface area contributed by atoms with Crippen LogP contribution in [0.4, 0.5) is 0 Å². The zero-order valence-corrected chi connectivity index (χ0v) is 14.4. The molecule has 25 heavy (non-hydrogen) atoms. The van der Waals surface area contributed by atoms with E-state index in [2.05, 4.69) is 25.1 Å². The summed E-state index contributed by atoms with van der Waals surface area (Å²) in [5.41, 5.74) is 1.89. The van der Waals surface area contributed by atoms with Crippen molar-refractivity contribution in [2.45, 2.75) is 19.8 Å². The molecule has 0 heterocycles. The summed E-state index contributed by atoms with van der Waals surface area (Å²) < 4.78 is 11.5. The summed E-state index contributed by atoms with van der Waals surface area (Å²) in [6.45, 7) is 3.00. The van der Waals surface area contributed by atoms with Gasteiger partial charge >= 0.3 is 0 Å². The van der Waals surface area contributed by atoms with Gasteiger partial charge in [0.15, 0.2) is 0 Å². The molecule has 0 N–H and O–H groups in total. The van der Waals surface area contributed by atoms with Crippen LogP contribution in [-0.2, 0) is 6.42 Å². The molecular weight excluding hydrogens is 310 g/mol. The van der Waals surface area contributed by atoms with E-state index in [1.807, 2.05) is 48.5 Å². The van der Waals surface area contributed by atoms with Gasteiger partial charge in [-0.2, -0.15) is 5.26 Å². The number of nitriles is 1. The standard InChI is InChI=1S/C22H21NO2/c1-2-5-17-8-11-19(12-9-17)24-14-15-25-22-13-10-18-6-3-4-7-20(18)21(22)16-23/h3-4,6-13H,2,5,14-15H2,1H3. The lowest BCUT2D eigenvalue weighted by atomic mass is 10.0. The fourth-order valence-corrected chi connectivity index (χ4v) is 2.84. The molecule has 0 amide bonds. The second-order valence-electron chi connectivity index (χ2n) is 5.86. The Kier molecular flexibility index (Phi) is 5.53. The first kappa shape index (κ1) is 16.9. The van der Waals surface area contributed by atoms with Crippen LogP contribution in [0.5, 0.6) is 11.5 Å². The minimum absolute atomic E-state index is 0.393. The van der Waals surface area contributed by atoms with E-state index in [1.165, 1.54) is 5.56 Å². The average molecular weight is 331 g/mol. The van der Waals surface area contributed by atoms with Crippen molar-refractivity contribution in [1.82, 2.24) is 0 Å². The fourth-order valence-electron chi connectivity index (χ4n) is 2.84. The van der Waals surface area contributed by atoms with Crippen LogP contribution in [0.2, 0.25) is 0 Å². The Morgan fingerprint density at radius 3 is 2.40 bits per heavy atom. The van der Waals surface area contributed by atoms with Gasteiger partial charge in [0.25, 0.3) is 0 Å². The Balaban J connectivity index is 1.59. The van der Waals surface area contributed by atoms with Gasteiger partial charge in [-0.25, -0.2) is 0 Å². The first-order chi connectivity index (χ1) is 12.3. The molecule has 3 aromatic carbocycles. The second-order valence-corrected chi connectivity index (χ2v) is 5.86. The van der Waals surface area contributed by atoms with Crippen LogP contribution in [0.1, 0.15) is 24.5 Å². The Bertz CT molecular complexity index is 879. The van der Waals surface area contributed by atoms with E-state index in [1.54, 1.807) is 0 Å². The number of ether oxygens (including phenoxy) is 2. The van der Waals surface area contributed by atoms with Crippen molar-refractivity contribution in [3.63, 3.8) is 0 Å². The number of nitrogens with zero attached hydrogens (tertiary/aromatic N) is 1. The first-order valence-electron chi connectivity index (χ1n) is 8.58. The SMILES string of the molecule is CCCc1ccc(OCCOc2ccc3ccccc3c2C#N)cc1. The van der Waals surface area contributed by atoms with Crippen LogP contribution < -0.4 is 9.47 Å². The molecule has 0 aliphatic rings. The minimum Gasteiger partial charge on any atom is -0.490 e. The molecule has 0 fully saturated rings. The first-order valence-corrected chi connectivity index (χ1v) is 8.58. The van der Waals surface area contributed by atoms with Crippen molar-refractivity contribution in [3.8, 4) is 17.6 Å². The highest BCUT2D eigenvalue weighted by Gasteiger charge is 2.08. The largest absolute Gasteiger partial charge is 0.490 e. The Morgan fingerprint density at radius 2 is 1.64 bits per heavy atom. The molecule has 0 aliphatic heterocycles. The van der Waals surface area contributed by atoms with Gasteiger partial charge in [0.2, 0.25) is 0 Å². The lowest BCUT2D eigenvalue weighted by molar-refractivity contribution is 0.217. The molecule has 0 saturated carbocycles. The second kappa shape index (κ2) is 8.21. The van der Waals surface area contributed by atoms with Gasteiger partial charge in [-0.05, 0) is 35.6 Å². The zero-order valence-electron chi connectivity index (χ0n) is 14.4. The van der Waals surface area contributed by atoms with Crippen molar-refractivity contribution < 1.29 is 9.47 Å². The van der Waals surface area contributed by atoms with E-state index >= 15 is 0 Å². The molecule has 0 unspecified atom stereocenters. The third-order valence-electron chi connectivity index (χ3n) is 4.07. The molecular formula is C22H21NO2. The van der Waals surface area contributed by atoms with Gasteiger partial charge < -0.3 is 9.47 Å². The third kappa shape index (κ3) is 4.10. The number of benzene rings is 3. The summed E-state index contributed by atoms with van der Waals surface area (Å²) in [6.07, 6.45) is 2.23. The van der Waals surface area contributed by atoms with E-state index in [0.717, 1.165) is 29.4 Å². The third-order valence-corrected chi connectivity index (χ3v) is 4.07. The van der Waals surface area contributed by atoms with Gasteiger partial charge in [0.1, 0.15) is 36.3 Å². The van der Waals surface area contributed by atoms with Gasteiger partial charge in [0, 0.05) is 5.39 Å². The van der Waals surface area contributed by atoms with Crippen molar-refractivity contribution in [2.24, 2.45) is 0 Å². The van der Waals surface area contributed by atoms with Crippen LogP contribution in [0.25, 0.3) is 10.8 Å². The normalized spacial score (nSPS) is 10.4. The lowest BCUT2D eigenvalue weighted by Crippen LogP contribution is -2.09. The van der Waals surface area contributed by atoms with E-state index in [-0.39, 0.29) is 0 Å². The van der Waals surface area contributed by atoms with Crippen LogP contribution in [0.3, 0.4) is 0 Å². The number of rotatable bonds is 7. The summed E-state index contributed by atoms with van der Waals surface area (Å²) in [6, 6.07) is 22.1. The molecule has 126 valence electrons. The maximum Gasteiger partial charge on any atom is 0.137 e. The maximum atomic E-state index is 9.46. The highest BCUT2D eigenvalue weighted by molar-refractivity contribution is 5.90. The zero-order chi connectivity index (χ0) is 17.5. The van der Waals surface area contributed by atoms with Crippen LogP contribution in [0, 0.1) is 11.3 Å². The van der Waals surface area contributed by atoms with E-state index < -0.39 is 0 Å². The van der Waals surface area contributed by atoms with Crippen LogP contribution >= 0.6 is 0 Å². The van der Waals surface area contributed by atoms with E-state index in [0.29, 0.717) is 24.5 Å². The smallest absolute Gasteiger partial charge is 0.137 e. The molecule has 0 aliphatic carbocycles.